The second-order valence-corrected chi connectivity index (χ2v) is 6.05. The van der Waals surface area contributed by atoms with Crippen LogP contribution in [0.1, 0.15) is 30.5 Å². The molecule has 3 nitrogen and oxygen atoms in total. The molecule has 0 saturated heterocycles. The van der Waals surface area contributed by atoms with Crippen LogP contribution in [-0.4, -0.2) is 11.5 Å². The lowest BCUT2D eigenvalue weighted by atomic mass is 10.0. The van der Waals surface area contributed by atoms with E-state index in [-0.39, 0.29) is 0 Å². The summed E-state index contributed by atoms with van der Waals surface area (Å²) in [5.74, 6) is 0. The molecule has 0 spiro atoms. The van der Waals surface area contributed by atoms with Gasteiger partial charge in [-0.15, -0.1) is 0 Å². The molecule has 0 aliphatic rings. The number of nitrogens with two attached hydrogens (primary N) is 1. The highest BCUT2D eigenvalue weighted by atomic mass is 35.5. The van der Waals surface area contributed by atoms with E-state index < -0.39 is 0 Å². The van der Waals surface area contributed by atoms with Crippen molar-refractivity contribution in [2.45, 2.75) is 33.7 Å². The highest BCUT2D eigenvalue weighted by Gasteiger charge is 2.09. The quantitative estimate of drug-likeness (QED) is 0.649. The van der Waals surface area contributed by atoms with Crippen LogP contribution in [0, 0.1) is 6.92 Å². The minimum absolute atomic E-state index is 0.609. The molecule has 1 aromatic heterocycles. The van der Waals surface area contributed by atoms with E-state index in [0.29, 0.717) is 13.1 Å². The van der Waals surface area contributed by atoms with Gasteiger partial charge < -0.3 is 11.1 Å². The molecule has 3 aromatic rings. The Balaban J connectivity index is 0.00000109. The molecule has 0 unspecified atom stereocenters. The number of pyridine rings is 1. The van der Waals surface area contributed by atoms with E-state index in [1.165, 1.54) is 16.7 Å². The van der Waals surface area contributed by atoms with Gasteiger partial charge in [0.05, 0.1) is 16.2 Å². The van der Waals surface area contributed by atoms with Crippen LogP contribution in [0.5, 0.6) is 0 Å². The lowest BCUT2D eigenvalue weighted by Gasteiger charge is -2.16. The fourth-order valence-corrected chi connectivity index (χ4v) is 3.05. The molecule has 132 valence electrons. The summed E-state index contributed by atoms with van der Waals surface area (Å²) in [5.41, 5.74) is 11.3. The van der Waals surface area contributed by atoms with Crippen LogP contribution in [-0.2, 0) is 13.0 Å². The van der Waals surface area contributed by atoms with E-state index in [1.54, 1.807) is 0 Å². The van der Waals surface area contributed by atoms with Crippen molar-refractivity contribution < 1.29 is 0 Å². The van der Waals surface area contributed by atoms with Crippen molar-refractivity contribution in [2.75, 3.05) is 11.9 Å². The molecule has 0 aliphatic carbocycles. The van der Waals surface area contributed by atoms with Gasteiger partial charge in [-0.1, -0.05) is 43.6 Å². The topological polar surface area (TPSA) is 50.9 Å². The predicted octanol–water partition coefficient (Wildman–Crippen LogP) is 5.34. The maximum atomic E-state index is 6.39. The Kier molecular flexibility index (Phi) is 7.23. The molecule has 0 aliphatic heterocycles. The molecule has 3 rings (SSSR count). The zero-order valence-electron chi connectivity index (χ0n) is 15.1. The number of nitrogens with one attached hydrogen (secondary N) is 1. The van der Waals surface area contributed by atoms with E-state index in [2.05, 4.69) is 35.4 Å². The number of aromatic nitrogens is 1. The fourth-order valence-electron chi connectivity index (χ4n) is 2.81. The van der Waals surface area contributed by atoms with E-state index in [0.717, 1.165) is 28.0 Å². The maximum absolute atomic E-state index is 6.39. The van der Waals surface area contributed by atoms with E-state index in [1.807, 2.05) is 44.3 Å². The summed E-state index contributed by atoms with van der Waals surface area (Å²) in [6.07, 6.45) is 2.63. The number of nitrogens with zero attached hydrogens (tertiary/aromatic N) is 1. The summed E-state index contributed by atoms with van der Waals surface area (Å²) < 4.78 is 0. The molecular weight excluding hydrogens is 330 g/mol. The predicted molar refractivity (Wildman–Crippen MR) is 109 cm³/mol. The molecule has 0 saturated carbocycles. The lowest BCUT2D eigenvalue weighted by molar-refractivity contribution is 0.954. The van der Waals surface area contributed by atoms with Crippen molar-refractivity contribution >= 4 is 28.2 Å². The van der Waals surface area contributed by atoms with Crippen LogP contribution in [0.2, 0.25) is 5.02 Å². The number of halogens is 1. The second-order valence-electron chi connectivity index (χ2n) is 5.64. The minimum Gasteiger partial charge on any atom is -0.380 e. The average molecular weight is 356 g/mol. The Labute approximate surface area is 155 Å². The summed E-state index contributed by atoms with van der Waals surface area (Å²) >= 11 is 6.39. The van der Waals surface area contributed by atoms with E-state index >= 15 is 0 Å². The largest absolute Gasteiger partial charge is 0.380 e. The third kappa shape index (κ3) is 4.71. The van der Waals surface area contributed by atoms with Crippen LogP contribution >= 0.6 is 11.6 Å². The highest BCUT2D eigenvalue weighted by molar-refractivity contribution is 6.33. The van der Waals surface area contributed by atoms with Gasteiger partial charge in [-0.3, -0.25) is 4.98 Å². The van der Waals surface area contributed by atoms with Gasteiger partial charge in [-0.05, 0) is 60.8 Å². The molecule has 0 amide bonds. The monoisotopic (exact) mass is 355 g/mol. The molecule has 4 heteroatoms. The van der Waals surface area contributed by atoms with E-state index in [4.69, 9.17) is 17.3 Å². The lowest BCUT2D eigenvalue weighted by Crippen LogP contribution is -2.09. The normalized spacial score (nSPS) is 10.3. The Bertz CT molecular complexity index is 830. The van der Waals surface area contributed by atoms with Crippen LogP contribution < -0.4 is 11.1 Å². The Morgan fingerprint density at radius 2 is 1.92 bits per heavy atom. The number of rotatable bonds is 5. The van der Waals surface area contributed by atoms with Gasteiger partial charge in [0, 0.05) is 18.1 Å². The molecular formula is C21H26ClN3. The van der Waals surface area contributed by atoms with Crippen molar-refractivity contribution in [2.24, 2.45) is 5.73 Å². The van der Waals surface area contributed by atoms with Crippen molar-refractivity contribution in [1.29, 1.82) is 0 Å². The van der Waals surface area contributed by atoms with Gasteiger partial charge >= 0.3 is 0 Å². The first kappa shape index (κ1) is 19.2. The molecule has 0 atom stereocenters. The number of hydrogen-bond acceptors (Lipinski definition) is 3. The number of anilines is 1. The molecule has 0 radical (unpaired) electrons. The zero-order valence-corrected chi connectivity index (χ0v) is 15.9. The number of benzene rings is 2. The third-order valence-corrected chi connectivity index (χ3v) is 4.34. The van der Waals surface area contributed by atoms with Crippen LogP contribution in [0.25, 0.3) is 10.9 Å². The molecule has 25 heavy (non-hydrogen) atoms. The smallest absolute Gasteiger partial charge is 0.0702 e. The first-order valence-corrected chi connectivity index (χ1v) is 9.12. The number of hydrogen-bond donors (Lipinski definition) is 2. The third-order valence-electron chi connectivity index (χ3n) is 4.03. The summed E-state index contributed by atoms with van der Waals surface area (Å²) in [5, 5.41) is 5.36. The van der Waals surface area contributed by atoms with Gasteiger partial charge in [-0.25, -0.2) is 0 Å². The Morgan fingerprint density at radius 1 is 1.12 bits per heavy atom. The molecule has 0 fully saturated rings. The Hall–Kier alpha value is -2.10. The number of aryl methyl sites for hydroxylation is 1. The average Bonchev–Trinajstić information content (AvgIpc) is 2.66. The molecule has 3 N–H and O–H groups in total. The van der Waals surface area contributed by atoms with Gasteiger partial charge in [-0.2, -0.15) is 0 Å². The summed E-state index contributed by atoms with van der Waals surface area (Å²) in [4.78, 5) is 4.35. The first-order valence-electron chi connectivity index (χ1n) is 8.74. The number of fused-ring (bicyclic) bond motifs is 1. The molecule has 0 bridgehead atoms. The van der Waals surface area contributed by atoms with Crippen molar-refractivity contribution in [3.05, 3.63) is 70.4 Å². The fraction of sp³-hybridized carbons (Fsp3) is 0.286. The van der Waals surface area contributed by atoms with Crippen LogP contribution in [0.15, 0.2) is 48.7 Å². The Morgan fingerprint density at radius 3 is 2.68 bits per heavy atom. The maximum Gasteiger partial charge on any atom is 0.0702 e. The van der Waals surface area contributed by atoms with Crippen LogP contribution in [0.4, 0.5) is 5.69 Å². The van der Waals surface area contributed by atoms with Gasteiger partial charge in [0.15, 0.2) is 0 Å². The summed E-state index contributed by atoms with van der Waals surface area (Å²) in [6, 6.07) is 14.3. The first-order chi connectivity index (χ1) is 12.2. The SMILES string of the molecule is CC.Cc1ccc(Cl)c(NCc2ccc3ncccc3c2)c1CCN. The summed E-state index contributed by atoms with van der Waals surface area (Å²) in [7, 11) is 0. The van der Waals surface area contributed by atoms with Crippen molar-refractivity contribution in [3.8, 4) is 0 Å². The minimum atomic E-state index is 0.609. The van der Waals surface area contributed by atoms with Gasteiger partial charge in [0.2, 0.25) is 0 Å². The summed E-state index contributed by atoms with van der Waals surface area (Å²) in [6.45, 7) is 7.41. The van der Waals surface area contributed by atoms with E-state index in [9.17, 15) is 0 Å². The highest BCUT2D eigenvalue weighted by Crippen LogP contribution is 2.29. The zero-order chi connectivity index (χ0) is 18.2. The van der Waals surface area contributed by atoms with Crippen molar-refractivity contribution in [1.82, 2.24) is 4.98 Å². The van der Waals surface area contributed by atoms with Gasteiger partial charge in [0.1, 0.15) is 0 Å². The standard InChI is InChI=1S/C19H20ClN3.C2H6/c1-13-4-6-17(20)19(16(13)8-9-21)23-12-14-5-7-18-15(11-14)3-2-10-22-18;1-2/h2-7,10-11,23H,8-9,12,21H2,1H3;1-2H3. The molecule has 2 aromatic carbocycles. The van der Waals surface area contributed by atoms with Crippen LogP contribution in [0.3, 0.4) is 0 Å². The van der Waals surface area contributed by atoms with Gasteiger partial charge in [0.25, 0.3) is 0 Å². The van der Waals surface area contributed by atoms with Crippen molar-refractivity contribution in [3.63, 3.8) is 0 Å². The second kappa shape index (κ2) is 9.40. The molecule has 1 heterocycles.